The third-order valence-corrected chi connectivity index (χ3v) is 2.76. The molecular weight excluding hydrogens is 254 g/mol. The Labute approximate surface area is 111 Å². The zero-order valence-electron chi connectivity index (χ0n) is 10.6. The fourth-order valence-electron chi connectivity index (χ4n) is 1.54. The minimum Gasteiger partial charge on any atom is -0.359 e. The zero-order valence-corrected chi connectivity index (χ0v) is 11.4. The molecule has 0 saturated heterocycles. The molecule has 0 radical (unpaired) electrons. The fourth-order valence-corrected chi connectivity index (χ4v) is 1.70. The first-order chi connectivity index (χ1) is 8.45. The van der Waals surface area contributed by atoms with Crippen LogP contribution in [0, 0.1) is 5.92 Å². The maximum Gasteiger partial charge on any atom is 0.272 e. The number of carbonyl (C=O) groups is 2. The number of rotatable bonds is 4. The van der Waals surface area contributed by atoms with Crippen molar-refractivity contribution in [3.63, 3.8) is 0 Å². The molecule has 0 aromatic carbocycles. The van der Waals surface area contributed by atoms with Gasteiger partial charge in [-0.2, -0.15) is 0 Å². The van der Waals surface area contributed by atoms with Crippen molar-refractivity contribution in [3.05, 3.63) is 29.0 Å². The largest absolute Gasteiger partial charge is 0.359 e. The zero-order chi connectivity index (χ0) is 13.7. The van der Waals surface area contributed by atoms with Crippen molar-refractivity contribution in [1.29, 1.82) is 0 Å². The summed E-state index contributed by atoms with van der Waals surface area (Å²) in [5.41, 5.74) is 0.272. The van der Waals surface area contributed by atoms with Gasteiger partial charge in [0.15, 0.2) is 0 Å². The molecule has 18 heavy (non-hydrogen) atoms. The van der Waals surface area contributed by atoms with Crippen LogP contribution in [-0.4, -0.2) is 42.3 Å². The summed E-state index contributed by atoms with van der Waals surface area (Å²) in [6, 6.07) is 3.11. The first-order valence-corrected chi connectivity index (χ1v) is 5.92. The molecule has 0 aliphatic rings. The molecule has 0 bridgehead atoms. The van der Waals surface area contributed by atoms with E-state index in [1.165, 1.54) is 17.2 Å². The SMILES string of the molecule is CNC(=O)C(C)CN(C)C(=O)c1cc(Cl)ccn1. The molecule has 1 aromatic heterocycles. The van der Waals surface area contributed by atoms with Gasteiger partial charge in [0.1, 0.15) is 5.69 Å². The molecule has 0 aliphatic carbocycles. The van der Waals surface area contributed by atoms with Crippen molar-refractivity contribution < 1.29 is 9.59 Å². The van der Waals surface area contributed by atoms with Crippen LogP contribution >= 0.6 is 11.6 Å². The van der Waals surface area contributed by atoms with Crippen LogP contribution in [-0.2, 0) is 4.79 Å². The molecule has 98 valence electrons. The molecule has 0 aliphatic heterocycles. The molecule has 1 atom stereocenters. The fraction of sp³-hybridized carbons (Fsp3) is 0.417. The number of pyridine rings is 1. The summed E-state index contributed by atoms with van der Waals surface area (Å²) in [4.78, 5) is 28.8. The molecule has 5 nitrogen and oxygen atoms in total. The second kappa shape index (κ2) is 6.35. The van der Waals surface area contributed by atoms with Crippen LogP contribution in [0.5, 0.6) is 0 Å². The van der Waals surface area contributed by atoms with Crippen LogP contribution in [0.15, 0.2) is 18.3 Å². The number of amides is 2. The number of aromatic nitrogens is 1. The van der Waals surface area contributed by atoms with Gasteiger partial charge in [-0.3, -0.25) is 14.6 Å². The van der Waals surface area contributed by atoms with Gasteiger partial charge in [0.25, 0.3) is 5.91 Å². The van der Waals surface area contributed by atoms with E-state index in [9.17, 15) is 9.59 Å². The smallest absolute Gasteiger partial charge is 0.272 e. The minimum atomic E-state index is -0.275. The lowest BCUT2D eigenvalue weighted by Crippen LogP contribution is -2.37. The van der Waals surface area contributed by atoms with E-state index >= 15 is 0 Å². The van der Waals surface area contributed by atoms with Crippen LogP contribution in [0.4, 0.5) is 0 Å². The average Bonchev–Trinajstić information content (AvgIpc) is 2.36. The van der Waals surface area contributed by atoms with Gasteiger partial charge in [0.05, 0.1) is 5.92 Å². The molecule has 1 N–H and O–H groups in total. The molecule has 2 amide bonds. The lowest BCUT2D eigenvalue weighted by Gasteiger charge is -2.20. The third-order valence-electron chi connectivity index (χ3n) is 2.53. The highest BCUT2D eigenvalue weighted by atomic mass is 35.5. The lowest BCUT2D eigenvalue weighted by molar-refractivity contribution is -0.124. The van der Waals surface area contributed by atoms with Gasteiger partial charge in [-0.15, -0.1) is 0 Å². The van der Waals surface area contributed by atoms with Crippen LogP contribution in [0.2, 0.25) is 5.02 Å². The van der Waals surface area contributed by atoms with Crippen LogP contribution < -0.4 is 5.32 Å². The Bertz CT molecular complexity index is 451. The van der Waals surface area contributed by atoms with Gasteiger partial charge in [0, 0.05) is 31.9 Å². The van der Waals surface area contributed by atoms with Crippen molar-refractivity contribution in [3.8, 4) is 0 Å². The number of hydrogen-bond acceptors (Lipinski definition) is 3. The Morgan fingerprint density at radius 2 is 2.22 bits per heavy atom. The maximum atomic E-state index is 12.0. The molecule has 0 spiro atoms. The van der Waals surface area contributed by atoms with E-state index < -0.39 is 0 Å². The quantitative estimate of drug-likeness (QED) is 0.893. The summed E-state index contributed by atoms with van der Waals surface area (Å²) < 4.78 is 0. The highest BCUT2D eigenvalue weighted by molar-refractivity contribution is 6.30. The van der Waals surface area contributed by atoms with E-state index in [2.05, 4.69) is 10.3 Å². The van der Waals surface area contributed by atoms with Gasteiger partial charge in [0.2, 0.25) is 5.91 Å². The van der Waals surface area contributed by atoms with Crippen molar-refractivity contribution in [2.24, 2.45) is 5.92 Å². The van der Waals surface area contributed by atoms with Crippen molar-refractivity contribution in [2.45, 2.75) is 6.92 Å². The maximum absolute atomic E-state index is 12.0. The summed E-state index contributed by atoms with van der Waals surface area (Å²) >= 11 is 5.80. The van der Waals surface area contributed by atoms with Crippen LogP contribution in [0.1, 0.15) is 17.4 Å². The second-order valence-corrected chi connectivity index (χ2v) is 4.50. The number of nitrogens with one attached hydrogen (secondary N) is 1. The predicted molar refractivity (Wildman–Crippen MR) is 69.4 cm³/mol. The second-order valence-electron chi connectivity index (χ2n) is 4.06. The topological polar surface area (TPSA) is 62.3 Å². The molecule has 1 unspecified atom stereocenters. The Morgan fingerprint density at radius 3 is 2.78 bits per heavy atom. The Balaban J connectivity index is 2.70. The van der Waals surface area contributed by atoms with E-state index in [0.717, 1.165) is 0 Å². The van der Waals surface area contributed by atoms with Crippen LogP contribution in [0.25, 0.3) is 0 Å². The van der Waals surface area contributed by atoms with Crippen molar-refractivity contribution >= 4 is 23.4 Å². The molecule has 1 heterocycles. The monoisotopic (exact) mass is 269 g/mol. The summed E-state index contributed by atoms with van der Waals surface area (Å²) in [5, 5.41) is 3.00. The summed E-state index contributed by atoms with van der Waals surface area (Å²) in [6.45, 7) is 2.08. The molecule has 6 heteroatoms. The Kier molecular flexibility index (Phi) is 5.09. The van der Waals surface area contributed by atoms with E-state index in [1.807, 2.05) is 0 Å². The standard InChI is InChI=1S/C12H16ClN3O2/c1-8(11(17)14-2)7-16(3)12(18)10-6-9(13)4-5-15-10/h4-6,8H,7H2,1-3H3,(H,14,17). The first kappa shape index (κ1) is 14.4. The van der Waals surface area contributed by atoms with Gasteiger partial charge >= 0.3 is 0 Å². The molecule has 1 aromatic rings. The minimum absolute atomic E-state index is 0.103. The lowest BCUT2D eigenvalue weighted by atomic mass is 10.1. The Morgan fingerprint density at radius 1 is 1.56 bits per heavy atom. The van der Waals surface area contributed by atoms with Crippen molar-refractivity contribution in [2.75, 3.05) is 20.6 Å². The van der Waals surface area contributed by atoms with Gasteiger partial charge in [-0.1, -0.05) is 18.5 Å². The third kappa shape index (κ3) is 3.70. The molecular formula is C12H16ClN3O2. The summed E-state index contributed by atoms with van der Waals surface area (Å²) in [7, 11) is 3.20. The normalized spacial score (nSPS) is 11.8. The molecule has 0 fully saturated rings. The first-order valence-electron chi connectivity index (χ1n) is 5.54. The van der Waals surface area contributed by atoms with Gasteiger partial charge in [-0.25, -0.2) is 0 Å². The predicted octanol–water partition coefficient (Wildman–Crippen LogP) is 1.19. The van der Waals surface area contributed by atoms with E-state index in [-0.39, 0.29) is 23.4 Å². The number of carbonyl (C=O) groups excluding carboxylic acids is 2. The number of hydrogen-bond donors (Lipinski definition) is 1. The van der Waals surface area contributed by atoms with Gasteiger partial charge < -0.3 is 10.2 Å². The summed E-state index contributed by atoms with van der Waals surface area (Å²) in [6.07, 6.45) is 1.48. The highest BCUT2D eigenvalue weighted by Crippen LogP contribution is 2.10. The van der Waals surface area contributed by atoms with Crippen LogP contribution in [0.3, 0.4) is 0 Å². The van der Waals surface area contributed by atoms with Gasteiger partial charge in [-0.05, 0) is 12.1 Å². The molecule has 0 saturated carbocycles. The van der Waals surface area contributed by atoms with E-state index in [1.54, 1.807) is 27.1 Å². The Hall–Kier alpha value is -1.62. The molecule has 1 rings (SSSR count). The number of halogens is 1. The van der Waals surface area contributed by atoms with E-state index in [0.29, 0.717) is 11.6 Å². The average molecular weight is 270 g/mol. The number of nitrogens with zero attached hydrogens (tertiary/aromatic N) is 2. The summed E-state index contributed by atoms with van der Waals surface area (Å²) in [5.74, 6) is -0.634. The highest BCUT2D eigenvalue weighted by Gasteiger charge is 2.19. The van der Waals surface area contributed by atoms with Crippen molar-refractivity contribution in [1.82, 2.24) is 15.2 Å². The van der Waals surface area contributed by atoms with E-state index in [4.69, 9.17) is 11.6 Å².